The Morgan fingerprint density at radius 3 is 2.06 bits per heavy atom. The number of imide groups is 1. The number of carbonyl (C=O) groups excluding carboxylic acids is 2. The van der Waals surface area contributed by atoms with Crippen LogP contribution in [0.2, 0.25) is 0 Å². The van der Waals surface area contributed by atoms with E-state index in [4.69, 9.17) is 9.47 Å². The van der Waals surface area contributed by atoms with E-state index in [1.54, 1.807) is 41.5 Å². The fourth-order valence-electron chi connectivity index (χ4n) is 4.51. The maximum atomic E-state index is 14.9. The van der Waals surface area contributed by atoms with Crippen LogP contribution in [-0.2, 0) is 24.8 Å². The Bertz CT molecular complexity index is 1140. The number of amides is 2. The van der Waals surface area contributed by atoms with Gasteiger partial charge in [0.25, 0.3) is 0 Å². The third-order valence-electron chi connectivity index (χ3n) is 6.11. The Morgan fingerprint density at radius 1 is 1.09 bits per heavy atom. The number of fused-ring (bicyclic) bond motifs is 2. The van der Waals surface area contributed by atoms with Crippen molar-refractivity contribution in [1.82, 2.24) is 4.90 Å². The summed E-state index contributed by atoms with van der Waals surface area (Å²) in [6.45, 7) is 9.35. The van der Waals surface area contributed by atoms with Gasteiger partial charge in [0.15, 0.2) is 9.84 Å². The molecule has 0 radical (unpaired) electrons. The number of halogens is 2. The molecule has 2 bridgehead atoms. The number of carbonyl (C=O) groups is 2. The number of amidine groups is 1. The highest BCUT2D eigenvalue weighted by molar-refractivity contribution is 7.94. The van der Waals surface area contributed by atoms with E-state index in [9.17, 15) is 26.8 Å². The molecule has 1 aromatic rings. The number of hydrogen-bond donors (Lipinski definition) is 0. The van der Waals surface area contributed by atoms with Crippen molar-refractivity contribution < 1.29 is 36.3 Å². The average molecular weight is 515 g/mol. The molecule has 0 unspecified atom stereocenters. The molecule has 1 fully saturated rings. The predicted molar refractivity (Wildman–Crippen MR) is 126 cm³/mol. The predicted octanol–water partition coefficient (Wildman–Crippen LogP) is 4.91. The van der Waals surface area contributed by atoms with Crippen LogP contribution in [0.25, 0.3) is 0 Å². The fourth-order valence-corrected chi connectivity index (χ4v) is 7.12. The van der Waals surface area contributed by atoms with E-state index in [-0.39, 0.29) is 18.4 Å². The molecule has 0 N–H and O–H groups in total. The largest absolute Gasteiger partial charge is 0.443 e. The first-order chi connectivity index (χ1) is 15.9. The lowest BCUT2D eigenvalue weighted by Crippen LogP contribution is -2.62. The summed E-state index contributed by atoms with van der Waals surface area (Å²) in [6, 6.07) is 5.17. The summed E-state index contributed by atoms with van der Waals surface area (Å²) in [5.74, 6) is -1.39. The Hall–Kier alpha value is -2.56. The standard InChI is InChI=1S/C24H32F2N2O6S/c1-21(2,3)33-19(29)28(20(30)34-22(4,5)6)18-23(7)13-12-17(35(23,31)32)24(14-25,27-18)15-10-8-9-11-16(15)26/h8-11,17H,12-14H2,1-7H3/t17-,23+,24-/m1/s1. The molecular weight excluding hydrogens is 482 g/mol. The molecule has 35 heavy (non-hydrogen) atoms. The number of ether oxygens (including phenoxy) is 2. The van der Waals surface area contributed by atoms with Crippen LogP contribution in [0.5, 0.6) is 0 Å². The number of hydrogen-bond acceptors (Lipinski definition) is 7. The van der Waals surface area contributed by atoms with Crippen molar-refractivity contribution in [1.29, 1.82) is 0 Å². The number of aliphatic imine (C=N–C) groups is 1. The van der Waals surface area contributed by atoms with Gasteiger partial charge in [0.1, 0.15) is 39.8 Å². The summed E-state index contributed by atoms with van der Waals surface area (Å²) in [5.41, 5.74) is -4.59. The van der Waals surface area contributed by atoms with Crippen LogP contribution in [0.3, 0.4) is 0 Å². The van der Waals surface area contributed by atoms with Crippen LogP contribution >= 0.6 is 0 Å². The van der Waals surface area contributed by atoms with Gasteiger partial charge >= 0.3 is 12.2 Å². The topological polar surface area (TPSA) is 102 Å². The van der Waals surface area contributed by atoms with Crippen molar-refractivity contribution >= 4 is 27.9 Å². The van der Waals surface area contributed by atoms with Gasteiger partial charge in [-0.2, -0.15) is 4.90 Å². The van der Waals surface area contributed by atoms with E-state index in [0.717, 1.165) is 6.07 Å². The third-order valence-corrected chi connectivity index (χ3v) is 9.12. The molecule has 0 aliphatic carbocycles. The smallest absolute Gasteiger partial charge is 0.425 e. The Kier molecular flexibility index (Phi) is 6.59. The van der Waals surface area contributed by atoms with Crippen LogP contribution in [0.15, 0.2) is 29.3 Å². The van der Waals surface area contributed by atoms with E-state index in [1.165, 1.54) is 25.1 Å². The molecular formula is C24H32F2N2O6S. The highest BCUT2D eigenvalue weighted by Crippen LogP contribution is 2.53. The van der Waals surface area contributed by atoms with Gasteiger partial charge in [-0.05, 0) is 67.4 Å². The van der Waals surface area contributed by atoms with Gasteiger partial charge in [-0.3, -0.25) is 4.99 Å². The molecule has 0 saturated carbocycles. The average Bonchev–Trinajstić information content (AvgIpc) is 2.84. The molecule has 3 atom stereocenters. The van der Waals surface area contributed by atoms with Crippen molar-refractivity contribution in [3.63, 3.8) is 0 Å². The summed E-state index contributed by atoms with van der Waals surface area (Å²) >= 11 is 0. The quantitative estimate of drug-likeness (QED) is 0.556. The first-order valence-corrected chi connectivity index (χ1v) is 12.8. The molecule has 11 heteroatoms. The molecule has 1 saturated heterocycles. The first-order valence-electron chi connectivity index (χ1n) is 11.3. The van der Waals surface area contributed by atoms with Crippen LogP contribution in [0.4, 0.5) is 18.4 Å². The minimum atomic E-state index is -4.26. The summed E-state index contributed by atoms with van der Waals surface area (Å²) in [6.07, 6.45) is -2.56. The molecule has 2 heterocycles. The summed E-state index contributed by atoms with van der Waals surface area (Å²) < 4.78 is 66.4. The molecule has 0 aromatic heterocycles. The van der Waals surface area contributed by atoms with E-state index < -0.39 is 67.1 Å². The fraction of sp³-hybridized carbons (Fsp3) is 0.625. The molecule has 2 amide bonds. The zero-order chi connectivity index (χ0) is 26.6. The van der Waals surface area contributed by atoms with E-state index >= 15 is 0 Å². The maximum Gasteiger partial charge on any atom is 0.425 e. The van der Waals surface area contributed by atoms with Crippen LogP contribution in [-0.4, -0.2) is 59.2 Å². The summed E-state index contributed by atoms with van der Waals surface area (Å²) in [4.78, 5) is 31.4. The van der Waals surface area contributed by atoms with Crippen molar-refractivity contribution in [3.8, 4) is 0 Å². The molecule has 3 rings (SSSR count). The van der Waals surface area contributed by atoms with Crippen molar-refractivity contribution in [3.05, 3.63) is 35.6 Å². The van der Waals surface area contributed by atoms with Crippen LogP contribution < -0.4 is 0 Å². The Morgan fingerprint density at radius 2 is 1.60 bits per heavy atom. The van der Waals surface area contributed by atoms with Gasteiger partial charge in [-0.25, -0.2) is 26.8 Å². The Balaban J connectivity index is 2.34. The van der Waals surface area contributed by atoms with Gasteiger partial charge in [0, 0.05) is 5.56 Å². The van der Waals surface area contributed by atoms with Crippen LogP contribution in [0.1, 0.15) is 66.9 Å². The number of benzene rings is 1. The lowest BCUT2D eigenvalue weighted by molar-refractivity contribution is 0.0138. The molecule has 8 nitrogen and oxygen atoms in total. The Labute approximate surface area is 204 Å². The van der Waals surface area contributed by atoms with Gasteiger partial charge in [-0.1, -0.05) is 18.2 Å². The lowest BCUT2D eigenvalue weighted by atomic mass is 9.86. The number of sulfone groups is 1. The van der Waals surface area contributed by atoms with E-state index in [1.807, 2.05) is 0 Å². The summed E-state index contributed by atoms with van der Waals surface area (Å²) in [5, 5.41) is -1.38. The maximum absolute atomic E-state index is 14.9. The van der Waals surface area contributed by atoms with E-state index in [2.05, 4.69) is 4.99 Å². The SMILES string of the molecule is CC(C)(C)OC(=O)N(C(=O)OC(C)(C)C)C1=N[C@](CF)(c2ccccc2F)[C@H]2CC[C@]1(C)S2(=O)=O. The number of alkyl halides is 1. The molecule has 2 aliphatic rings. The molecule has 0 spiro atoms. The molecule has 2 aliphatic heterocycles. The summed E-state index contributed by atoms with van der Waals surface area (Å²) in [7, 11) is -4.26. The van der Waals surface area contributed by atoms with Gasteiger partial charge in [-0.15, -0.1) is 0 Å². The first kappa shape index (κ1) is 27.0. The number of rotatable bonds is 2. The van der Waals surface area contributed by atoms with E-state index in [0.29, 0.717) is 4.90 Å². The second-order valence-corrected chi connectivity index (χ2v) is 13.6. The highest BCUT2D eigenvalue weighted by Gasteiger charge is 2.67. The number of nitrogens with zero attached hydrogens (tertiary/aromatic N) is 2. The zero-order valence-corrected chi connectivity index (χ0v) is 21.8. The molecule has 194 valence electrons. The zero-order valence-electron chi connectivity index (χ0n) is 21.0. The second kappa shape index (κ2) is 8.53. The minimum absolute atomic E-state index is 0.0411. The third kappa shape index (κ3) is 4.54. The second-order valence-electron chi connectivity index (χ2n) is 11.1. The van der Waals surface area contributed by atoms with Crippen molar-refractivity contribution in [2.24, 2.45) is 4.99 Å². The van der Waals surface area contributed by atoms with Crippen molar-refractivity contribution in [2.75, 3.05) is 6.67 Å². The highest BCUT2D eigenvalue weighted by atomic mass is 32.2. The monoisotopic (exact) mass is 514 g/mol. The molecule has 1 aromatic carbocycles. The van der Waals surface area contributed by atoms with Crippen LogP contribution in [0, 0.1) is 5.82 Å². The minimum Gasteiger partial charge on any atom is -0.443 e. The lowest BCUT2D eigenvalue weighted by Gasteiger charge is -2.43. The normalized spacial score (nSPS) is 27.7. The van der Waals surface area contributed by atoms with Gasteiger partial charge in [0.2, 0.25) is 0 Å². The van der Waals surface area contributed by atoms with Gasteiger partial charge < -0.3 is 9.47 Å². The van der Waals surface area contributed by atoms with Crippen molar-refractivity contribution in [2.45, 2.75) is 88.0 Å². The van der Waals surface area contributed by atoms with Gasteiger partial charge in [0.05, 0.1) is 5.25 Å².